The van der Waals surface area contributed by atoms with Gasteiger partial charge in [-0.15, -0.1) is 0 Å². The Bertz CT molecular complexity index is 680. The van der Waals surface area contributed by atoms with E-state index in [4.69, 9.17) is 0 Å². The van der Waals surface area contributed by atoms with Crippen LogP contribution in [0.25, 0.3) is 0 Å². The molecule has 3 heterocycles. The highest BCUT2D eigenvalue weighted by molar-refractivity contribution is 5.81. The second-order valence-electron chi connectivity index (χ2n) is 8.40. The number of likely N-dealkylation sites (tertiary alicyclic amines) is 2. The summed E-state index contributed by atoms with van der Waals surface area (Å²) in [7, 11) is 0. The number of piperazine rings is 1. The molecule has 2 unspecified atom stereocenters. The van der Waals surface area contributed by atoms with Crippen molar-refractivity contribution in [2.45, 2.75) is 38.3 Å². The summed E-state index contributed by atoms with van der Waals surface area (Å²) in [6.45, 7) is 6.43. The molecule has 1 aromatic rings. The minimum atomic E-state index is 0.0925. The molecule has 3 aliphatic heterocycles. The van der Waals surface area contributed by atoms with Gasteiger partial charge in [0.2, 0.25) is 11.8 Å². The number of nitrogens with zero attached hydrogens (tertiary/aromatic N) is 3. The topological polar surface area (TPSA) is 55.9 Å². The van der Waals surface area contributed by atoms with Crippen LogP contribution in [0, 0.1) is 5.92 Å². The van der Waals surface area contributed by atoms with Crippen LogP contribution in [0.5, 0.6) is 0 Å². The van der Waals surface area contributed by atoms with E-state index in [9.17, 15) is 9.59 Å². The molecule has 0 aromatic heterocycles. The first kappa shape index (κ1) is 19.4. The fourth-order valence-electron chi connectivity index (χ4n) is 4.92. The average molecular weight is 385 g/mol. The summed E-state index contributed by atoms with van der Waals surface area (Å²) in [5.41, 5.74) is 1.31. The highest BCUT2D eigenvalue weighted by Gasteiger charge is 2.35. The van der Waals surface area contributed by atoms with E-state index < -0.39 is 0 Å². The molecule has 6 heteroatoms. The number of carbonyl (C=O) groups excluding carboxylic acids is 2. The number of hydrogen-bond donors (Lipinski definition) is 1. The van der Waals surface area contributed by atoms with Crippen molar-refractivity contribution in [3.8, 4) is 0 Å². The summed E-state index contributed by atoms with van der Waals surface area (Å²) in [5.74, 6) is 0.567. The third kappa shape index (κ3) is 4.55. The van der Waals surface area contributed by atoms with Crippen molar-refractivity contribution in [3.63, 3.8) is 0 Å². The SMILES string of the molecule is O=C(C1CCCN(Cc2ccccc2)C1)N1CCCC(N2CCNCC2=O)C1. The van der Waals surface area contributed by atoms with Crippen molar-refractivity contribution < 1.29 is 9.59 Å². The Morgan fingerprint density at radius 3 is 2.68 bits per heavy atom. The molecular weight excluding hydrogens is 352 g/mol. The van der Waals surface area contributed by atoms with Crippen molar-refractivity contribution in [2.24, 2.45) is 5.92 Å². The summed E-state index contributed by atoms with van der Waals surface area (Å²) in [6.07, 6.45) is 4.07. The largest absolute Gasteiger partial charge is 0.340 e. The maximum Gasteiger partial charge on any atom is 0.236 e. The van der Waals surface area contributed by atoms with E-state index >= 15 is 0 Å². The van der Waals surface area contributed by atoms with E-state index in [1.165, 1.54) is 5.56 Å². The molecule has 3 aliphatic rings. The number of nitrogens with one attached hydrogen (secondary N) is 1. The van der Waals surface area contributed by atoms with Crippen LogP contribution >= 0.6 is 0 Å². The van der Waals surface area contributed by atoms with Crippen LogP contribution in [-0.2, 0) is 16.1 Å². The summed E-state index contributed by atoms with van der Waals surface area (Å²) in [4.78, 5) is 31.9. The Balaban J connectivity index is 1.34. The van der Waals surface area contributed by atoms with Gasteiger partial charge in [-0.05, 0) is 37.8 Å². The summed E-state index contributed by atoms with van der Waals surface area (Å²) < 4.78 is 0. The lowest BCUT2D eigenvalue weighted by Gasteiger charge is -2.43. The van der Waals surface area contributed by atoms with Gasteiger partial charge >= 0.3 is 0 Å². The Labute approximate surface area is 167 Å². The molecule has 3 fully saturated rings. The van der Waals surface area contributed by atoms with Crippen LogP contribution in [-0.4, -0.2) is 78.4 Å². The van der Waals surface area contributed by atoms with Crippen LogP contribution in [0.1, 0.15) is 31.2 Å². The lowest BCUT2D eigenvalue weighted by molar-refractivity contribution is -0.143. The Morgan fingerprint density at radius 1 is 1.04 bits per heavy atom. The predicted molar refractivity (Wildman–Crippen MR) is 109 cm³/mol. The van der Waals surface area contributed by atoms with Gasteiger partial charge in [0.15, 0.2) is 0 Å². The van der Waals surface area contributed by atoms with Crippen LogP contribution in [0.2, 0.25) is 0 Å². The molecule has 0 spiro atoms. The summed E-state index contributed by atoms with van der Waals surface area (Å²) in [6, 6.07) is 10.7. The Kier molecular flexibility index (Phi) is 6.27. The van der Waals surface area contributed by atoms with Gasteiger partial charge < -0.3 is 15.1 Å². The minimum absolute atomic E-state index is 0.0925. The first-order valence-corrected chi connectivity index (χ1v) is 10.8. The molecule has 0 aliphatic carbocycles. The fraction of sp³-hybridized carbons (Fsp3) is 0.636. The number of rotatable bonds is 4. The molecule has 4 rings (SSSR count). The van der Waals surface area contributed by atoms with E-state index in [-0.39, 0.29) is 17.9 Å². The minimum Gasteiger partial charge on any atom is -0.340 e. The van der Waals surface area contributed by atoms with Gasteiger partial charge in [-0.25, -0.2) is 0 Å². The van der Waals surface area contributed by atoms with Crippen molar-refractivity contribution in [1.29, 1.82) is 0 Å². The molecular formula is C22H32N4O2. The van der Waals surface area contributed by atoms with Crippen LogP contribution < -0.4 is 5.32 Å². The third-order valence-electron chi connectivity index (χ3n) is 6.38. The zero-order valence-electron chi connectivity index (χ0n) is 16.7. The quantitative estimate of drug-likeness (QED) is 0.851. The maximum atomic E-state index is 13.2. The monoisotopic (exact) mass is 384 g/mol. The molecule has 6 nitrogen and oxygen atoms in total. The van der Waals surface area contributed by atoms with Gasteiger partial charge in [0.25, 0.3) is 0 Å². The standard InChI is InChI=1S/C22H32N4O2/c27-21-14-23-10-13-26(21)20-9-5-12-25(17-20)22(28)19-8-4-11-24(16-19)15-18-6-2-1-3-7-18/h1-3,6-7,19-20,23H,4-5,8-17H2. The predicted octanol–water partition coefficient (Wildman–Crippen LogP) is 1.32. The summed E-state index contributed by atoms with van der Waals surface area (Å²) >= 11 is 0. The zero-order valence-corrected chi connectivity index (χ0v) is 16.7. The van der Waals surface area contributed by atoms with Crippen LogP contribution in [0.3, 0.4) is 0 Å². The molecule has 2 atom stereocenters. The van der Waals surface area contributed by atoms with Gasteiger partial charge in [-0.1, -0.05) is 30.3 Å². The summed E-state index contributed by atoms with van der Waals surface area (Å²) in [5, 5.41) is 3.14. The Hall–Kier alpha value is -1.92. The lowest BCUT2D eigenvalue weighted by atomic mass is 9.94. The smallest absolute Gasteiger partial charge is 0.236 e. The Morgan fingerprint density at radius 2 is 1.86 bits per heavy atom. The maximum absolute atomic E-state index is 13.2. The number of amides is 2. The van der Waals surface area contributed by atoms with Gasteiger partial charge in [0.05, 0.1) is 12.5 Å². The van der Waals surface area contributed by atoms with Gasteiger partial charge in [-0.2, -0.15) is 0 Å². The lowest BCUT2D eigenvalue weighted by Crippen LogP contribution is -2.58. The van der Waals surface area contributed by atoms with Gasteiger partial charge in [-0.3, -0.25) is 14.5 Å². The van der Waals surface area contributed by atoms with Gasteiger partial charge in [0.1, 0.15) is 0 Å². The van der Waals surface area contributed by atoms with E-state index in [2.05, 4.69) is 34.5 Å². The van der Waals surface area contributed by atoms with Crippen molar-refractivity contribution in [2.75, 3.05) is 45.8 Å². The molecule has 2 amide bonds. The molecule has 1 aromatic carbocycles. The highest BCUT2D eigenvalue weighted by Crippen LogP contribution is 2.24. The molecule has 1 N–H and O–H groups in total. The normalized spacial score (nSPS) is 27.1. The first-order chi connectivity index (χ1) is 13.7. The second kappa shape index (κ2) is 9.05. The molecule has 28 heavy (non-hydrogen) atoms. The molecule has 0 bridgehead atoms. The molecule has 0 saturated carbocycles. The highest BCUT2D eigenvalue weighted by atomic mass is 16.2. The van der Waals surface area contributed by atoms with Gasteiger partial charge in [0, 0.05) is 45.3 Å². The number of benzene rings is 1. The third-order valence-corrected chi connectivity index (χ3v) is 6.38. The van der Waals surface area contributed by atoms with Crippen molar-refractivity contribution >= 4 is 11.8 Å². The average Bonchev–Trinajstić information content (AvgIpc) is 2.74. The van der Waals surface area contributed by atoms with Crippen LogP contribution in [0.15, 0.2) is 30.3 Å². The molecule has 152 valence electrons. The number of piperidine rings is 2. The van der Waals surface area contributed by atoms with E-state index in [1.807, 2.05) is 15.9 Å². The fourth-order valence-corrected chi connectivity index (χ4v) is 4.92. The van der Waals surface area contributed by atoms with Crippen molar-refractivity contribution in [1.82, 2.24) is 20.0 Å². The van der Waals surface area contributed by atoms with E-state index in [1.54, 1.807) is 0 Å². The second-order valence-corrected chi connectivity index (χ2v) is 8.40. The molecule has 0 radical (unpaired) electrons. The number of carbonyl (C=O) groups is 2. The number of hydrogen-bond acceptors (Lipinski definition) is 4. The van der Waals surface area contributed by atoms with E-state index in [0.29, 0.717) is 19.0 Å². The first-order valence-electron chi connectivity index (χ1n) is 10.8. The van der Waals surface area contributed by atoms with Crippen molar-refractivity contribution in [3.05, 3.63) is 35.9 Å². The zero-order chi connectivity index (χ0) is 19.3. The van der Waals surface area contributed by atoms with E-state index in [0.717, 1.165) is 65.0 Å². The van der Waals surface area contributed by atoms with Crippen LogP contribution in [0.4, 0.5) is 0 Å². The molecule has 3 saturated heterocycles.